The maximum absolute atomic E-state index is 14.0. The Morgan fingerprint density at radius 1 is 1.02 bits per heavy atom. The highest BCUT2D eigenvalue weighted by molar-refractivity contribution is 7.89. The zero-order valence-corrected chi connectivity index (χ0v) is 29.1. The third-order valence-corrected chi connectivity index (χ3v) is 10.2. The van der Waals surface area contributed by atoms with Gasteiger partial charge in [-0.15, -0.1) is 0 Å². The van der Waals surface area contributed by atoms with E-state index in [1.807, 2.05) is 44.2 Å². The number of hydrogen-bond acceptors (Lipinski definition) is 8. The number of nitrogens with two attached hydrogens (primary N) is 1. The van der Waals surface area contributed by atoms with E-state index in [0.717, 1.165) is 10.5 Å². The molecule has 1 fully saturated rings. The second-order valence-corrected chi connectivity index (χ2v) is 15.1. The van der Waals surface area contributed by atoms with Crippen molar-refractivity contribution in [3.05, 3.63) is 89.2 Å². The SMILES string of the molecule is CC(C)CN(C[C@@H](O)[C@H](Cc1ccccc1)NC(=O)[C@H](C(C)C)N1CC(=O)N(Cc2ccncc2)C1=O)S(=O)(=O)c1ccc(Cl)c(N)c1. The molecule has 14 heteroatoms. The molecular weight excluding hydrogens is 656 g/mol. The number of benzene rings is 2. The van der Waals surface area contributed by atoms with Crippen LogP contribution in [0.25, 0.3) is 0 Å². The summed E-state index contributed by atoms with van der Waals surface area (Å²) in [7, 11) is -4.13. The Labute approximate surface area is 286 Å². The molecule has 0 spiro atoms. The van der Waals surface area contributed by atoms with Crippen LogP contribution in [-0.4, -0.2) is 88.3 Å². The predicted molar refractivity (Wildman–Crippen MR) is 183 cm³/mol. The summed E-state index contributed by atoms with van der Waals surface area (Å²) in [6.07, 6.45) is 1.95. The molecule has 4 rings (SSSR count). The number of amides is 4. The molecule has 4 N–H and O–H groups in total. The number of nitrogens with one attached hydrogen (secondary N) is 1. The van der Waals surface area contributed by atoms with Gasteiger partial charge in [-0.2, -0.15) is 4.31 Å². The fraction of sp³-hybridized carbons (Fsp3) is 0.412. The van der Waals surface area contributed by atoms with Gasteiger partial charge in [-0.25, -0.2) is 13.2 Å². The van der Waals surface area contributed by atoms with Crippen molar-refractivity contribution >= 4 is 45.2 Å². The normalized spacial score (nSPS) is 15.8. The van der Waals surface area contributed by atoms with Crippen molar-refractivity contribution in [1.29, 1.82) is 0 Å². The summed E-state index contributed by atoms with van der Waals surface area (Å²) < 4.78 is 28.8. The van der Waals surface area contributed by atoms with Crippen molar-refractivity contribution in [3.63, 3.8) is 0 Å². The number of nitrogen functional groups attached to an aromatic ring is 1. The fourth-order valence-corrected chi connectivity index (χ4v) is 7.45. The van der Waals surface area contributed by atoms with Crippen LogP contribution in [0, 0.1) is 11.8 Å². The lowest BCUT2D eigenvalue weighted by Gasteiger charge is -2.34. The number of pyridine rings is 1. The van der Waals surface area contributed by atoms with Crippen LogP contribution < -0.4 is 11.1 Å². The first-order valence-corrected chi connectivity index (χ1v) is 17.6. The number of carbonyl (C=O) groups is 3. The van der Waals surface area contributed by atoms with Gasteiger partial charge in [0.25, 0.3) is 5.91 Å². The molecule has 258 valence electrons. The summed E-state index contributed by atoms with van der Waals surface area (Å²) in [6.45, 7) is 6.75. The Morgan fingerprint density at radius 2 is 1.69 bits per heavy atom. The van der Waals surface area contributed by atoms with Gasteiger partial charge in [-0.1, -0.05) is 69.6 Å². The number of aliphatic hydroxyl groups is 1. The second kappa shape index (κ2) is 15.9. The quantitative estimate of drug-likeness (QED) is 0.160. The summed E-state index contributed by atoms with van der Waals surface area (Å²) in [5, 5.41) is 14.8. The number of anilines is 1. The molecule has 3 aromatic rings. The van der Waals surface area contributed by atoms with E-state index in [0.29, 0.717) is 5.56 Å². The van der Waals surface area contributed by atoms with Gasteiger partial charge in [-0.3, -0.25) is 19.5 Å². The number of imide groups is 1. The highest BCUT2D eigenvalue weighted by Gasteiger charge is 2.44. The Hall–Kier alpha value is -4.04. The summed E-state index contributed by atoms with van der Waals surface area (Å²) in [5.41, 5.74) is 7.52. The van der Waals surface area contributed by atoms with Crippen LogP contribution in [0.3, 0.4) is 0 Å². The molecule has 3 atom stereocenters. The lowest BCUT2D eigenvalue weighted by Crippen LogP contribution is -2.57. The van der Waals surface area contributed by atoms with E-state index in [-0.39, 0.29) is 54.1 Å². The van der Waals surface area contributed by atoms with E-state index >= 15 is 0 Å². The molecule has 2 heterocycles. The van der Waals surface area contributed by atoms with E-state index in [4.69, 9.17) is 17.3 Å². The van der Waals surface area contributed by atoms with Crippen LogP contribution in [0.15, 0.2) is 78.0 Å². The van der Waals surface area contributed by atoms with E-state index in [1.165, 1.54) is 27.4 Å². The van der Waals surface area contributed by atoms with Gasteiger partial charge in [0.05, 0.1) is 34.3 Å². The molecule has 4 amide bonds. The number of aliphatic hydroxyl groups excluding tert-OH is 1. The second-order valence-electron chi connectivity index (χ2n) is 12.7. The zero-order chi connectivity index (χ0) is 35.2. The molecule has 1 saturated heterocycles. The van der Waals surface area contributed by atoms with Crippen molar-refractivity contribution in [3.8, 4) is 0 Å². The van der Waals surface area contributed by atoms with Crippen LogP contribution in [0.5, 0.6) is 0 Å². The van der Waals surface area contributed by atoms with Gasteiger partial charge in [0.15, 0.2) is 0 Å². The van der Waals surface area contributed by atoms with Crippen LogP contribution in [0.1, 0.15) is 38.8 Å². The van der Waals surface area contributed by atoms with Gasteiger partial charge in [0, 0.05) is 25.5 Å². The number of hydrogen-bond donors (Lipinski definition) is 3. The molecule has 0 saturated carbocycles. The molecule has 1 aliphatic heterocycles. The van der Waals surface area contributed by atoms with Crippen molar-refractivity contribution in [2.24, 2.45) is 11.8 Å². The topological polar surface area (TPSA) is 166 Å². The zero-order valence-electron chi connectivity index (χ0n) is 27.5. The van der Waals surface area contributed by atoms with E-state index in [9.17, 15) is 27.9 Å². The summed E-state index contributed by atoms with van der Waals surface area (Å²) in [6, 6.07) is 14.0. The summed E-state index contributed by atoms with van der Waals surface area (Å²) in [4.78, 5) is 46.8. The number of urea groups is 1. The van der Waals surface area contributed by atoms with Crippen LogP contribution >= 0.6 is 11.6 Å². The maximum Gasteiger partial charge on any atom is 0.328 e. The minimum Gasteiger partial charge on any atom is -0.397 e. The number of sulfonamides is 1. The van der Waals surface area contributed by atoms with Gasteiger partial charge in [0.1, 0.15) is 12.6 Å². The number of carbonyl (C=O) groups excluding carboxylic acids is 3. The first-order chi connectivity index (χ1) is 22.7. The molecule has 48 heavy (non-hydrogen) atoms. The van der Waals surface area contributed by atoms with Crippen LogP contribution in [-0.2, 0) is 32.6 Å². The van der Waals surface area contributed by atoms with Crippen LogP contribution in [0.4, 0.5) is 10.5 Å². The minimum absolute atomic E-state index is 0.0396. The highest BCUT2D eigenvalue weighted by atomic mass is 35.5. The van der Waals surface area contributed by atoms with Crippen molar-refractivity contribution < 1.29 is 27.9 Å². The smallest absolute Gasteiger partial charge is 0.328 e. The average Bonchev–Trinajstić information content (AvgIpc) is 3.30. The maximum atomic E-state index is 14.0. The molecule has 1 aromatic heterocycles. The molecule has 0 bridgehead atoms. The predicted octanol–water partition coefficient (Wildman–Crippen LogP) is 3.54. The minimum atomic E-state index is -4.13. The van der Waals surface area contributed by atoms with Crippen molar-refractivity contribution in [2.45, 2.75) is 63.7 Å². The Balaban J connectivity index is 1.60. The Kier molecular flexibility index (Phi) is 12.2. The summed E-state index contributed by atoms with van der Waals surface area (Å²) >= 11 is 6.04. The molecule has 2 aromatic carbocycles. The standard InChI is InChI=1S/C34H43ClN6O6S/c1-22(2)18-39(48(46,47)26-10-11-27(35)28(36)17-26)20-30(42)29(16-24-8-6-5-7-9-24)38-33(44)32(23(3)4)41-21-31(43)40(34(41)45)19-25-12-14-37-15-13-25/h5-15,17,22-23,29-30,32,42H,16,18-21,36H2,1-4H3,(H,38,44)/t29-,30+,32-/m0/s1. The van der Waals surface area contributed by atoms with Crippen molar-refractivity contribution in [1.82, 2.24) is 24.4 Å². The van der Waals surface area contributed by atoms with E-state index in [1.54, 1.807) is 38.4 Å². The Bertz CT molecular complexity index is 1690. The lowest BCUT2D eigenvalue weighted by molar-refractivity contribution is -0.129. The van der Waals surface area contributed by atoms with Gasteiger partial charge in [-0.05, 0) is 59.7 Å². The third-order valence-electron chi connectivity index (χ3n) is 8.06. The Morgan fingerprint density at radius 3 is 2.29 bits per heavy atom. The number of rotatable bonds is 15. The number of aromatic nitrogens is 1. The molecular formula is C34H43ClN6O6S. The first-order valence-electron chi connectivity index (χ1n) is 15.8. The largest absolute Gasteiger partial charge is 0.397 e. The van der Waals surface area contributed by atoms with Crippen molar-refractivity contribution in [2.75, 3.05) is 25.4 Å². The van der Waals surface area contributed by atoms with Gasteiger partial charge < -0.3 is 21.1 Å². The van der Waals surface area contributed by atoms with E-state index in [2.05, 4.69) is 10.3 Å². The molecule has 0 aliphatic carbocycles. The summed E-state index contributed by atoms with van der Waals surface area (Å²) in [5.74, 6) is -1.50. The fourth-order valence-electron chi connectivity index (χ4n) is 5.67. The number of nitrogens with zero attached hydrogens (tertiary/aromatic N) is 4. The monoisotopic (exact) mass is 698 g/mol. The molecule has 0 radical (unpaired) electrons. The van der Waals surface area contributed by atoms with Crippen LogP contribution in [0.2, 0.25) is 5.02 Å². The lowest BCUT2D eigenvalue weighted by atomic mass is 9.97. The first kappa shape index (κ1) is 36.8. The van der Waals surface area contributed by atoms with Gasteiger partial charge >= 0.3 is 6.03 Å². The van der Waals surface area contributed by atoms with E-state index < -0.39 is 52.0 Å². The molecule has 0 unspecified atom stereocenters. The highest BCUT2D eigenvalue weighted by Crippen LogP contribution is 2.26. The van der Waals surface area contributed by atoms with Gasteiger partial charge in [0.2, 0.25) is 15.9 Å². The molecule has 1 aliphatic rings. The molecule has 12 nitrogen and oxygen atoms in total. The number of halogens is 1. The average molecular weight is 699 g/mol. The third kappa shape index (κ3) is 8.90.